The second kappa shape index (κ2) is 7.17. The lowest BCUT2D eigenvalue weighted by Gasteiger charge is -2.04. The van der Waals surface area contributed by atoms with E-state index in [-0.39, 0.29) is 11.8 Å². The molecule has 0 atom stereocenters. The summed E-state index contributed by atoms with van der Waals surface area (Å²) in [6.45, 7) is 2.55. The minimum atomic E-state index is -0.508. The van der Waals surface area contributed by atoms with E-state index in [9.17, 15) is 15.0 Å². The molecule has 0 saturated heterocycles. The quantitative estimate of drug-likeness (QED) is 0.657. The molecule has 6 heteroatoms. The van der Waals surface area contributed by atoms with Crippen LogP contribution >= 0.6 is 0 Å². The van der Waals surface area contributed by atoms with Crippen molar-refractivity contribution in [3.05, 3.63) is 54.1 Å². The normalized spacial score (nSPS) is 11.4. The molecule has 0 fully saturated rings. The minimum Gasteiger partial charge on any atom is -0.494 e. The Balaban J connectivity index is 1.91. The molecule has 0 bridgehead atoms. The highest BCUT2D eigenvalue weighted by molar-refractivity contribution is 6.02. The summed E-state index contributed by atoms with van der Waals surface area (Å²) in [7, 11) is 0. The molecule has 1 amide bonds. The number of azo groups is 1. The second-order valence-electron chi connectivity index (χ2n) is 5.75. The van der Waals surface area contributed by atoms with Crippen LogP contribution in [0, 0.1) is 0 Å². The fourth-order valence-electron chi connectivity index (χ4n) is 2.63. The maximum absolute atomic E-state index is 12.2. The molecule has 25 heavy (non-hydrogen) atoms. The number of aromatic hydroxyl groups is 2. The van der Waals surface area contributed by atoms with Crippen molar-refractivity contribution < 1.29 is 15.0 Å². The van der Waals surface area contributed by atoms with Crippen LogP contribution in [0.5, 0.6) is 11.8 Å². The molecule has 0 radical (unpaired) electrons. The molecule has 2 aromatic carbocycles. The molecule has 128 valence electrons. The number of nitrogens with zero attached hydrogens (tertiary/aromatic N) is 3. The molecule has 1 aromatic heterocycles. The number of unbranched alkanes of at least 4 members (excludes halogenated alkanes) is 1. The predicted octanol–water partition coefficient (Wildman–Crippen LogP) is 4.78. The number of benzene rings is 2. The number of amides is 1. The Hall–Kier alpha value is -3.15. The van der Waals surface area contributed by atoms with E-state index in [4.69, 9.17) is 0 Å². The van der Waals surface area contributed by atoms with Crippen LogP contribution in [0.3, 0.4) is 0 Å². The first-order valence-electron chi connectivity index (χ1n) is 8.17. The van der Waals surface area contributed by atoms with Gasteiger partial charge in [-0.05, 0) is 36.8 Å². The summed E-state index contributed by atoms with van der Waals surface area (Å²) in [5, 5.41) is 29.2. The third-order valence-corrected chi connectivity index (χ3v) is 4.01. The van der Waals surface area contributed by atoms with Crippen molar-refractivity contribution in [2.45, 2.75) is 26.3 Å². The molecular weight excluding hydrogens is 318 g/mol. The Bertz CT molecular complexity index is 930. The summed E-state index contributed by atoms with van der Waals surface area (Å²) >= 11 is 0. The molecule has 3 rings (SSSR count). The number of carbonyl (C=O) groups excluding carboxylic acids is 1. The number of aromatic nitrogens is 1. The average Bonchev–Trinajstić information content (AvgIpc) is 2.89. The smallest absolute Gasteiger partial charge is 0.295 e. The summed E-state index contributed by atoms with van der Waals surface area (Å²) < 4.78 is 1.45. The van der Waals surface area contributed by atoms with Crippen LogP contribution in [0.1, 0.15) is 30.1 Å². The fraction of sp³-hybridized carbons (Fsp3) is 0.211. The van der Waals surface area contributed by atoms with E-state index in [1.54, 1.807) is 24.3 Å². The van der Waals surface area contributed by atoms with Crippen molar-refractivity contribution in [2.75, 3.05) is 0 Å². The van der Waals surface area contributed by atoms with Crippen molar-refractivity contribution in [1.82, 2.24) is 4.57 Å². The first-order valence-corrected chi connectivity index (χ1v) is 8.17. The van der Waals surface area contributed by atoms with Crippen LogP contribution in [-0.2, 0) is 6.54 Å². The van der Waals surface area contributed by atoms with E-state index in [0.29, 0.717) is 28.6 Å². The van der Waals surface area contributed by atoms with Crippen molar-refractivity contribution in [1.29, 1.82) is 0 Å². The van der Waals surface area contributed by atoms with Gasteiger partial charge < -0.3 is 10.2 Å². The average molecular weight is 337 g/mol. The Labute approximate surface area is 145 Å². The van der Waals surface area contributed by atoms with Gasteiger partial charge in [-0.15, -0.1) is 10.2 Å². The lowest BCUT2D eigenvalue weighted by atomic mass is 10.1. The summed E-state index contributed by atoms with van der Waals surface area (Å²) in [4.78, 5) is 12.2. The first-order chi connectivity index (χ1) is 12.1. The first kappa shape index (κ1) is 16.7. The van der Waals surface area contributed by atoms with Crippen LogP contribution in [0.15, 0.2) is 58.8 Å². The van der Waals surface area contributed by atoms with Crippen LogP contribution < -0.4 is 0 Å². The second-order valence-corrected chi connectivity index (χ2v) is 5.75. The Morgan fingerprint density at radius 3 is 2.48 bits per heavy atom. The van der Waals surface area contributed by atoms with E-state index >= 15 is 0 Å². The van der Waals surface area contributed by atoms with Gasteiger partial charge in [0, 0.05) is 22.9 Å². The van der Waals surface area contributed by atoms with E-state index in [1.807, 2.05) is 25.1 Å². The molecule has 0 aliphatic heterocycles. The number of hydrogen-bond acceptors (Lipinski definition) is 4. The Kier molecular flexibility index (Phi) is 4.79. The summed E-state index contributed by atoms with van der Waals surface area (Å²) in [6, 6.07) is 13.7. The van der Waals surface area contributed by atoms with Gasteiger partial charge in [0.2, 0.25) is 11.8 Å². The molecule has 2 N–H and O–H groups in total. The molecule has 1 heterocycles. The molecule has 0 aliphatic rings. The van der Waals surface area contributed by atoms with E-state index in [2.05, 4.69) is 10.2 Å². The van der Waals surface area contributed by atoms with Gasteiger partial charge in [-0.25, -0.2) is 0 Å². The Morgan fingerprint density at radius 1 is 1.04 bits per heavy atom. The maximum Gasteiger partial charge on any atom is 0.295 e. The zero-order valence-electron chi connectivity index (χ0n) is 13.9. The van der Waals surface area contributed by atoms with Gasteiger partial charge >= 0.3 is 0 Å². The van der Waals surface area contributed by atoms with Crippen LogP contribution in [0.4, 0.5) is 5.69 Å². The summed E-state index contributed by atoms with van der Waals surface area (Å²) in [5.41, 5.74) is 0.887. The number of fused-ring (bicyclic) bond motifs is 1. The maximum atomic E-state index is 12.2. The standard InChI is InChI=1S/C19H19N3O3/c1-2-3-11-22-18(24)15-10-9-13(12-16(15)19(22)25)17(23)21-20-14-7-5-4-6-8-14/h4-10,12,24-25H,2-3,11H2,1H3. The van der Waals surface area contributed by atoms with Crippen molar-refractivity contribution in [2.24, 2.45) is 10.2 Å². The monoisotopic (exact) mass is 337 g/mol. The molecule has 3 aromatic rings. The molecule has 0 unspecified atom stereocenters. The van der Waals surface area contributed by atoms with E-state index in [1.165, 1.54) is 10.6 Å². The highest BCUT2D eigenvalue weighted by Gasteiger charge is 2.17. The van der Waals surface area contributed by atoms with Crippen molar-refractivity contribution >= 4 is 22.4 Å². The van der Waals surface area contributed by atoms with Crippen molar-refractivity contribution in [3.8, 4) is 11.8 Å². The van der Waals surface area contributed by atoms with Gasteiger partial charge in [0.05, 0.1) is 5.69 Å². The topological polar surface area (TPSA) is 87.2 Å². The Morgan fingerprint density at radius 2 is 1.76 bits per heavy atom. The summed E-state index contributed by atoms with van der Waals surface area (Å²) in [6.07, 6.45) is 1.77. The highest BCUT2D eigenvalue weighted by atomic mass is 16.3. The van der Waals surface area contributed by atoms with Gasteiger partial charge in [0.25, 0.3) is 5.91 Å². The highest BCUT2D eigenvalue weighted by Crippen LogP contribution is 2.37. The number of rotatable bonds is 5. The summed E-state index contributed by atoms with van der Waals surface area (Å²) in [5.74, 6) is -0.549. The van der Waals surface area contributed by atoms with E-state index in [0.717, 1.165) is 12.8 Å². The van der Waals surface area contributed by atoms with Crippen LogP contribution in [0.2, 0.25) is 0 Å². The minimum absolute atomic E-state index is 0.00543. The van der Waals surface area contributed by atoms with Gasteiger partial charge in [0.15, 0.2) is 0 Å². The van der Waals surface area contributed by atoms with Crippen LogP contribution in [-0.4, -0.2) is 20.7 Å². The molecule has 0 spiro atoms. The largest absolute Gasteiger partial charge is 0.494 e. The van der Waals surface area contributed by atoms with E-state index < -0.39 is 5.91 Å². The lowest BCUT2D eigenvalue weighted by Crippen LogP contribution is -1.95. The third kappa shape index (κ3) is 3.38. The zero-order valence-corrected chi connectivity index (χ0v) is 13.9. The van der Waals surface area contributed by atoms with Gasteiger partial charge in [-0.1, -0.05) is 31.5 Å². The fourth-order valence-corrected chi connectivity index (χ4v) is 2.63. The van der Waals surface area contributed by atoms with Gasteiger partial charge in [-0.3, -0.25) is 9.36 Å². The molecule has 0 saturated carbocycles. The molecule has 0 aliphatic carbocycles. The van der Waals surface area contributed by atoms with Crippen molar-refractivity contribution in [3.63, 3.8) is 0 Å². The number of hydrogen-bond donors (Lipinski definition) is 2. The lowest BCUT2D eigenvalue weighted by molar-refractivity contribution is 0.0995. The number of carbonyl (C=O) groups is 1. The SMILES string of the molecule is CCCCn1c(O)c2ccc(C(=O)N=Nc3ccccc3)cc2c1O. The predicted molar refractivity (Wildman–Crippen MR) is 95.5 cm³/mol. The molecule has 6 nitrogen and oxygen atoms in total. The van der Waals surface area contributed by atoms with Gasteiger partial charge in [-0.2, -0.15) is 0 Å². The van der Waals surface area contributed by atoms with Crippen LogP contribution in [0.25, 0.3) is 10.8 Å². The third-order valence-electron chi connectivity index (χ3n) is 4.01. The molecular formula is C19H19N3O3. The van der Waals surface area contributed by atoms with Gasteiger partial charge in [0.1, 0.15) is 0 Å². The zero-order chi connectivity index (χ0) is 17.8.